The molecule has 1 aromatic carbocycles. The van der Waals surface area contributed by atoms with Crippen LogP contribution in [0.5, 0.6) is 0 Å². The molecular formula is C15H22N2O2. The highest BCUT2D eigenvalue weighted by Gasteiger charge is 2.15. The van der Waals surface area contributed by atoms with Gasteiger partial charge in [-0.1, -0.05) is 12.1 Å². The van der Waals surface area contributed by atoms with E-state index in [0.717, 1.165) is 11.1 Å². The minimum atomic E-state index is -0.291. The van der Waals surface area contributed by atoms with Gasteiger partial charge in [0.15, 0.2) is 0 Å². The highest BCUT2D eigenvalue weighted by Crippen LogP contribution is 2.12. The summed E-state index contributed by atoms with van der Waals surface area (Å²) in [7, 11) is 0. The molecule has 1 aromatic rings. The van der Waals surface area contributed by atoms with Crippen molar-refractivity contribution in [3.63, 3.8) is 0 Å². The molecule has 0 aliphatic carbocycles. The van der Waals surface area contributed by atoms with Crippen molar-refractivity contribution in [1.82, 2.24) is 10.6 Å². The SMILES string of the molecule is Cc1cccc(C(=O)NCC(=O)NC(C)(C)C)c1C. The van der Waals surface area contributed by atoms with Gasteiger partial charge in [-0.25, -0.2) is 0 Å². The first-order valence-electron chi connectivity index (χ1n) is 6.36. The summed E-state index contributed by atoms with van der Waals surface area (Å²) in [6, 6.07) is 5.56. The maximum Gasteiger partial charge on any atom is 0.251 e. The summed E-state index contributed by atoms with van der Waals surface area (Å²) in [4.78, 5) is 23.6. The number of hydrogen-bond donors (Lipinski definition) is 2. The predicted molar refractivity (Wildman–Crippen MR) is 76.1 cm³/mol. The molecule has 2 N–H and O–H groups in total. The lowest BCUT2D eigenvalue weighted by Gasteiger charge is -2.20. The summed E-state index contributed by atoms with van der Waals surface area (Å²) in [6.07, 6.45) is 0. The lowest BCUT2D eigenvalue weighted by Crippen LogP contribution is -2.45. The smallest absolute Gasteiger partial charge is 0.251 e. The first kappa shape index (κ1) is 15.2. The van der Waals surface area contributed by atoms with Gasteiger partial charge in [-0.15, -0.1) is 0 Å². The summed E-state index contributed by atoms with van der Waals surface area (Å²) < 4.78 is 0. The van der Waals surface area contributed by atoms with Gasteiger partial charge < -0.3 is 10.6 Å². The number of nitrogens with one attached hydrogen (secondary N) is 2. The molecule has 0 unspecified atom stereocenters. The molecule has 104 valence electrons. The molecule has 0 heterocycles. The molecule has 0 aliphatic rings. The minimum Gasteiger partial charge on any atom is -0.350 e. The van der Waals surface area contributed by atoms with Crippen molar-refractivity contribution in [3.8, 4) is 0 Å². The Morgan fingerprint density at radius 2 is 1.79 bits per heavy atom. The molecule has 1 rings (SSSR count). The van der Waals surface area contributed by atoms with Crippen molar-refractivity contribution in [2.24, 2.45) is 0 Å². The van der Waals surface area contributed by atoms with Crippen molar-refractivity contribution >= 4 is 11.8 Å². The van der Waals surface area contributed by atoms with Gasteiger partial charge in [-0.3, -0.25) is 9.59 Å². The molecule has 4 nitrogen and oxygen atoms in total. The van der Waals surface area contributed by atoms with Gasteiger partial charge in [-0.05, 0) is 51.8 Å². The van der Waals surface area contributed by atoms with Crippen LogP contribution in [0, 0.1) is 13.8 Å². The highest BCUT2D eigenvalue weighted by atomic mass is 16.2. The van der Waals surface area contributed by atoms with Crippen LogP contribution in [0.25, 0.3) is 0 Å². The zero-order valence-corrected chi connectivity index (χ0v) is 12.3. The first-order valence-corrected chi connectivity index (χ1v) is 6.36. The summed E-state index contributed by atoms with van der Waals surface area (Å²) in [5.74, 6) is -0.406. The number of aryl methyl sites for hydroxylation is 1. The summed E-state index contributed by atoms with van der Waals surface area (Å²) in [5, 5.41) is 5.44. The second-order valence-corrected chi connectivity index (χ2v) is 5.73. The van der Waals surface area contributed by atoms with E-state index in [0.29, 0.717) is 5.56 Å². The third-order valence-electron chi connectivity index (χ3n) is 2.77. The van der Waals surface area contributed by atoms with Crippen LogP contribution in [-0.2, 0) is 4.79 Å². The van der Waals surface area contributed by atoms with Crippen molar-refractivity contribution in [2.75, 3.05) is 6.54 Å². The van der Waals surface area contributed by atoms with E-state index in [2.05, 4.69) is 10.6 Å². The molecule has 4 heteroatoms. The lowest BCUT2D eigenvalue weighted by molar-refractivity contribution is -0.121. The van der Waals surface area contributed by atoms with E-state index in [9.17, 15) is 9.59 Å². The summed E-state index contributed by atoms with van der Waals surface area (Å²) in [5.41, 5.74) is 2.33. The second kappa shape index (κ2) is 5.87. The average molecular weight is 262 g/mol. The van der Waals surface area contributed by atoms with E-state index in [1.165, 1.54) is 0 Å². The van der Waals surface area contributed by atoms with Gasteiger partial charge in [0.2, 0.25) is 5.91 Å². The molecule has 19 heavy (non-hydrogen) atoms. The van der Waals surface area contributed by atoms with Gasteiger partial charge in [0.1, 0.15) is 0 Å². The zero-order valence-electron chi connectivity index (χ0n) is 12.3. The van der Waals surface area contributed by atoms with Crippen LogP contribution in [0.4, 0.5) is 0 Å². The lowest BCUT2D eigenvalue weighted by atomic mass is 10.0. The number of benzene rings is 1. The van der Waals surface area contributed by atoms with Crippen molar-refractivity contribution < 1.29 is 9.59 Å². The van der Waals surface area contributed by atoms with Crippen LogP contribution in [0.15, 0.2) is 18.2 Å². The van der Waals surface area contributed by atoms with Gasteiger partial charge in [0.05, 0.1) is 6.54 Å². The summed E-state index contributed by atoms with van der Waals surface area (Å²) >= 11 is 0. The molecule has 0 atom stereocenters. The Morgan fingerprint density at radius 1 is 1.16 bits per heavy atom. The molecule has 0 fully saturated rings. The molecule has 0 spiro atoms. The quantitative estimate of drug-likeness (QED) is 0.874. The highest BCUT2D eigenvalue weighted by molar-refractivity contribution is 5.97. The number of carbonyl (C=O) groups excluding carboxylic acids is 2. The van der Waals surface area contributed by atoms with Crippen molar-refractivity contribution in [3.05, 3.63) is 34.9 Å². The minimum absolute atomic E-state index is 0.0104. The van der Waals surface area contributed by atoms with Gasteiger partial charge in [0, 0.05) is 11.1 Å². The van der Waals surface area contributed by atoms with E-state index >= 15 is 0 Å². The van der Waals surface area contributed by atoms with Gasteiger partial charge >= 0.3 is 0 Å². The Morgan fingerprint density at radius 3 is 2.37 bits per heavy atom. The standard InChI is InChI=1S/C15H22N2O2/c1-10-7-6-8-12(11(10)2)14(19)16-9-13(18)17-15(3,4)5/h6-8H,9H2,1-5H3,(H,16,19)(H,17,18). The Labute approximate surface area is 114 Å². The fourth-order valence-electron chi connectivity index (χ4n) is 1.72. The maximum atomic E-state index is 12.0. The molecule has 0 aromatic heterocycles. The largest absolute Gasteiger partial charge is 0.350 e. The van der Waals surface area contributed by atoms with E-state index < -0.39 is 0 Å². The van der Waals surface area contributed by atoms with Crippen molar-refractivity contribution in [1.29, 1.82) is 0 Å². The number of hydrogen-bond acceptors (Lipinski definition) is 2. The fraction of sp³-hybridized carbons (Fsp3) is 0.467. The van der Waals surface area contributed by atoms with Gasteiger partial charge in [0.25, 0.3) is 5.91 Å². The summed E-state index contributed by atoms with van der Waals surface area (Å²) in [6.45, 7) is 9.55. The predicted octanol–water partition coefficient (Wildman–Crippen LogP) is 1.95. The zero-order chi connectivity index (χ0) is 14.6. The monoisotopic (exact) mass is 262 g/mol. The molecule has 0 saturated heterocycles. The van der Waals surface area contributed by atoms with Crippen LogP contribution in [0.1, 0.15) is 42.3 Å². The van der Waals surface area contributed by atoms with Crippen LogP contribution in [-0.4, -0.2) is 23.9 Å². The third kappa shape index (κ3) is 4.73. The van der Waals surface area contributed by atoms with E-state index in [4.69, 9.17) is 0 Å². The number of carbonyl (C=O) groups is 2. The molecule has 0 aliphatic heterocycles. The Bertz CT molecular complexity index is 487. The van der Waals surface area contributed by atoms with E-state index in [-0.39, 0.29) is 23.9 Å². The normalized spacial score (nSPS) is 11.0. The molecular weight excluding hydrogens is 240 g/mol. The van der Waals surface area contributed by atoms with Crippen LogP contribution < -0.4 is 10.6 Å². The molecule has 2 amide bonds. The second-order valence-electron chi connectivity index (χ2n) is 5.73. The first-order chi connectivity index (χ1) is 8.70. The van der Waals surface area contributed by atoms with E-state index in [1.54, 1.807) is 6.07 Å². The maximum absolute atomic E-state index is 12.0. The Hall–Kier alpha value is -1.84. The van der Waals surface area contributed by atoms with E-state index in [1.807, 2.05) is 46.8 Å². The average Bonchev–Trinajstić information content (AvgIpc) is 2.27. The number of rotatable bonds is 3. The van der Waals surface area contributed by atoms with Crippen LogP contribution in [0.2, 0.25) is 0 Å². The third-order valence-corrected chi connectivity index (χ3v) is 2.77. The topological polar surface area (TPSA) is 58.2 Å². The van der Waals surface area contributed by atoms with Crippen molar-refractivity contribution in [2.45, 2.75) is 40.2 Å². The Balaban J connectivity index is 2.61. The molecule has 0 bridgehead atoms. The Kier molecular flexibility index (Phi) is 4.70. The fourth-order valence-corrected chi connectivity index (χ4v) is 1.72. The van der Waals surface area contributed by atoms with Gasteiger partial charge in [-0.2, -0.15) is 0 Å². The van der Waals surface area contributed by atoms with Crippen LogP contribution in [0.3, 0.4) is 0 Å². The van der Waals surface area contributed by atoms with Crippen LogP contribution >= 0.6 is 0 Å². The molecule has 0 saturated carbocycles. The number of amides is 2. The molecule has 0 radical (unpaired) electrons.